The van der Waals surface area contributed by atoms with Crippen LogP contribution in [0.25, 0.3) is 0 Å². The quantitative estimate of drug-likeness (QED) is 0.549. The van der Waals surface area contributed by atoms with Crippen LogP contribution in [0, 0.1) is 0 Å². The number of nitrogens with zero attached hydrogens (tertiary/aromatic N) is 1. The van der Waals surface area contributed by atoms with Crippen molar-refractivity contribution in [1.82, 2.24) is 15.5 Å². The number of carbonyl (C=O) groups excluding carboxylic acids is 1. The van der Waals surface area contributed by atoms with E-state index >= 15 is 0 Å². The van der Waals surface area contributed by atoms with Gasteiger partial charge in [0, 0.05) is 6.54 Å². The van der Waals surface area contributed by atoms with Gasteiger partial charge in [-0.05, 0) is 46.4 Å². The minimum absolute atomic E-state index is 0.101. The fourth-order valence-corrected chi connectivity index (χ4v) is 1.21. The summed E-state index contributed by atoms with van der Waals surface area (Å²) in [6.07, 6.45) is 3.30. The van der Waals surface area contributed by atoms with E-state index < -0.39 is 0 Å². The molecule has 0 aliphatic rings. The summed E-state index contributed by atoms with van der Waals surface area (Å²) in [5.74, 6) is 0.101. The van der Waals surface area contributed by atoms with Gasteiger partial charge in [-0.25, -0.2) is 0 Å². The number of unbranched alkanes of at least 4 members (excludes halogenated alkanes) is 1. The first-order valence-electron chi connectivity index (χ1n) is 5.79. The van der Waals surface area contributed by atoms with Crippen molar-refractivity contribution >= 4 is 5.91 Å². The molecule has 0 aromatic carbocycles. The van der Waals surface area contributed by atoms with E-state index in [1.807, 2.05) is 0 Å². The molecule has 0 saturated heterocycles. The lowest BCUT2D eigenvalue weighted by Gasteiger charge is -2.09. The number of hydrogen-bond donors (Lipinski definition) is 2. The maximum absolute atomic E-state index is 11.2. The van der Waals surface area contributed by atoms with Gasteiger partial charge in [0.2, 0.25) is 5.91 Å². The van der Waals surface area contributed by atoms with E-state index in [-0.39, 0.29) is 5.91 Å². The van der Waals surface area contributed by atoms with Crippen LogP contribution < -0.4 is 10.6 Å². The van der Waals surface area contributed by atoms with Crippen LogP contribution in [0.1, 0.15) is 26.2 Å². The molecule has 0 rings (SSSR count). The molecule has 2 N–H and O–H groups in total. The second-order valence-electron chi connectivity index (χ2n) is 4.04. The van der Waals surface area contributed by atoms with Crippen molar-refractivity contribution in [3.63, 3.8) is 0 Å². The molecule has 0 fully saturated rings. The highest BCUT2D eigenvalue weighted by molar-refractivity contribution is 5.77. The lowest BCUT2D eigenvalue weighted by molar-refractivity contribution is -0.120. The number of hydrogen-bond acceptors (Lipinski definition) is 3. The van der Waals surface area contributed by atoms with Gasteiger partial charge in [-0.1, -0.05) is 6.92 Å². The summed E-state index contributed by atoms with van der Waals surface area (Å²) in [7, 11) is 4.15. The molecule has 0 atom stereocenters. The molecule has 15 heavy (non-hydrogen) atoms. The van der Waals surface area contributed by atoms with Gasteiger partial charge < -0.3 is 15.5 Å². The fourth-order valence-electron chi connectivity index (χ4n) is 1.21. The predicted octanol–water partition coefficient (Wildman–Crippen LogP) is 0.444. The molecule has 0 heterocycles. The maximum atomic E-state index is 11.2. The van der Waals surface area contributed by atoms with Crippen molar-refractivity contribution < 1.29 is 4.79 Å². The van der Waals surface area contributed by atoms with Crippen LogP contribution in [-0.2, 0) is 4.79 Å². The Labute approximate surface area is 93.4 Å². The van der Waals surface area contributed by atoms with Crippen LogP contribution in [0.5, 0.6) is 0 Å². The molecule has 0 unspecified atom stereocenters. The van der Waals surface area contributed by atoms with E-state index in [9.17, 15) is 4.79 Å². The van der Waals surface area contributed by atoms with E-state index in [1.54, 1.807) is 0 Å². The summed E-state index contributed by atoms with van der Waals surface area (Å²) < 4.78 is 0. The van der Waals surface area contributed by atoms with Crippen LogP contribution in [0.15, 0.2) is 0 Å². The molecule has 0 aromatic heterocycles. The lowest BCUT2D eigenvalue weighted by Crippen LogP contribution is -2.34. The number of nitrogens with one attached hydrogen (secondary N) is 2. The Bertz CT molecular complexity index is 160. The van der Waals surface area contributed by atoms with E-state index in [1.165, 1.54) is 6.42 Å². The monoisotopic (exact) mass is 215 g/mol. The second-order valence-corrected chi connectivity index (χ2v) is 4.04. The topological polar surface area (TPSA) is 44.4 Å². The Hall–Kier alpha value is -0.610. The third kappa shape index (κ3) is 11.3. The van der Waals surface area contributed by atoms with Gasteiger partial charge >= 0.3 is 0 Å². The molecule has 90 valence electrons. The first kappa shape index (κ1) is 14.4. The Kier molecular flexibility index (Phi) is 9.52. The third-order valence-electron chi connectivity index (χ3n) is 2.07. The van der Waals surface area contributed by atoms with E-state index in [2.05, 4.69) is 36.6 Å². The van der Waals surface area contributed by atoms with Gasteiger partial charge in [0.05, 0.1) is 6.54 Å². The average molecular weight is 215 g/mol. The van der Waals surface area contributed by atoms with Gasteiger partial charge in [-0.2, -0.15) is 0 Å². The lowest BCUT2D eigenvalue weighted by atomic mass is 10.3. The molecule has 4 heteroatoms. The number of carbonyl (C=O) groups is 1. The summed E-state index contributed by atoms with van der Waals surface area (Å²) >= 11 is 0. The smallest absolute Gasteiger partial charge is 0.233 e. The minimum atomic E-state index is 0.101. The van der Waals surface area contributed by atoms with Crippen molar-refractivity contribution in [2.24, 2.45) is 0 Å². The maximum Gasteiger partial charge on any atom is 0.233 e. The molecule has 0 spiro atoms. The zero-order chi connectivity index (χ0) is 11.5. The molecular formula is C11H25N3O. The standard InChI is InChI=1S/C11H25N3O/c1-4-7-13-11(15)10-12-8-5-6-9-14(2)3/h12H,4-10H2,1-3H3,(H,13,15). The first-order valence-corrected chi connectivity index (χ1v) is 5.79. The minimum Gasteiger partial charge on any atom is -0.355 e. The van der Waals surface area contributed by atoms with Crippen molar-refractivity contribution in [3.8, 4) is 0 Å². The highest BCUT2D eigenvalue weighted by atomic mass is 16.1. The van der Waals surface area contributed by atoms with Crippen molar-refractivity contribution in [2.45, 2.75) is 26.2 Å². The Morgan fingerprint density at radius 2 is 1.93 bits per heavy atom. The van der Waals surface area contributed by atoms with E-state index in [0.717, 1.165) is 32.5 Å². The summed E-state index contributed by atoms with van der Waals surface area (Å²) in [5, 5.41) is 5.97. The molecule has 0 aliphatic heterocycles. The normalized spacial score (nSPS) is 10.7. The van der Waals surface area contributed by atoms with Crippen molar-refractivity contribution in [3.05, 3.63) is 0 Å². The third-order valence-corrected chi connectivity index (χ3v) is 2.07. The number of rotatable bonds is 9. The van der Waals surface area contributed by atoms with Gasteiger partial charge in [-0.3, -0.25) is 4.79 Å². The molecule has 0 saturated carbocycles. The predicted molar refractivity (Wildman–Crippen MR) is 64.0 cm³/mol. The molecule has 0 radical (unpaired) electrons. The fraction of sp³-hybridized carbons (Fsp3) is 0.909. The van der Waals surface area contributed by atoms with E-state index in [4.69, 9.17) is 0 Å². The number of amides is 1. The second kappa shape index (κ2) is 9.93. The molecule has 0 bridgehead atoms. The highest BCUT2D eigenvalue weighted by Crippen LogP contribution is 1.88. The van der Waals surface area contributed by atoms with Gasteiger partial charge in [-0.15, -0.1) is 0 Å². The van der Waals surface area contributed by atoms with Crippen LogP contribution in [0.4, 0.5) is 0 Å². The summed E-state index contributed by atoms with van der Waals surface area (Å²) in [4.78, 5) is 13.3. The van der Waals surface area contributed by atoms with Gasteiger partial charge in [0.15, 0.2) is 0 Å². The zero-order valence-electron chi connectivity index (χ0n) is 10.3. The SMILES string of the molecule is CCCNC(=O)CNCCCCN(C)C. The summed E-state index contributed by atoms with van der Waals surface area (Å²) in [5.41, 5.74) is 0. The van der Waals surface area contributed by atoms with Gasteiger partial charge in [0.1, 0.15) is 0 Å². The van der Waals surface area contributed by atoms with Crippen LogP contribution >= 0.6 is 0 Å². The average Bonchev–Trinajstić information content (AvgIpc) is 2.19. The molecule has 4 nitrogen and oxygen atoms in total. The van der Waals surface area contributed by atoms with Crippen molar-refractivity contribution in [1.29, 1.82) is 0 Å². The Morgan fingerprint density at radius 1 is 1.20 bits per heavy atom. The molecule has 1 amide bonds. The largest absolute Gasteiger partial charge is 0.355 e. The zero-order valence-corrected chi connectivity index (χ0v) is 10.3. The van der Waals surface area contributed by atoms with Crippen LogP contribution in [-0.4, -0.2) is 51.1 Å². The first-order chi connectivity index (χ1) is 7.16. The summed E-state index contributed by atoms with van der Waals surface area (Å²) in [6, 6.07) is 0. The molecule has 0 aliphatic carbocycles. The van der Waals surface area contributed by atoms with E-state index in [0.29, 0.717) is 6.54 Å². The van der Waals surface area contributed by atoms with Gasteiger partial charge in [0.25, 0.3) is 0 Å². The molecule has 0 aromatic rings. The Morgan fingerprint density at radius 3 is 2.53 bits per heavy atom. The van der Waals surface area contributed by atoms with Crippen molar-refractivity contribution in [2.75, 3.05) is 40.3 Å². The molecular weight excluding hydrogens is 190 g/mol. The van der Waals surface area contributed by atoms with Crippen LogP contribution in [0.2, 0.25) is 0 Å². The highest BCUT2D eigenvalue weighted by Gasteiger charge is 1.98. The summed E-state index contributed by atoms with van der Waals surface area (Å²) in [6.45, 7) is 5.31. The Balaban J connectivity index is 3.13. The van der Waals surface area contributed by atoms with Crippen LogP contribution in [0.3, 0.4) is 0 Å².